The zero-order valence-electron chi connectivity index (χ0n) is 22.6. The summed E-state index contributed by atoms with van der Waals surface area (Å²) in [6, 6.07) is 4.73. The summed E-state index contributed by atoms with van der Waals surface area (Å²) in [5.74, 6) is -6.48. The normalized spacial score (nSPS) is 17.2. The van der Waals surface area contributed by atoms with E-state index in [1.165, 1.54) is 46.5 Å². The number of amides is 3. The molecule has 222 valence electrons. The van der Waals surface area contributed by atoms with Crippen molar-refractivity contribution in [1.82, 2.24) is 24.3 Å². The molecule has 2 aliphatic heterocycles. The van der Waals surface area contributed by atoms with Gasteiger partial charge in [-0.15, -0.1) is 0 Å². The van der Waals surface area contributed by atoms with Gasteiger partial charge in [-0.05, 0) is 49.7 Å². The number of carboxylic acid groups (broad SMARTS) is 1. The van der Waals surface area contributed by atoms with E-state index in [-0.39, 0.29) is 73.4 Å². The number of carbonyl (C=O) groups excluding carboxylic acids is 2. The van der Waals surface area contributed by atoms with Crippen molar-refractivity contribution in [2.75, 3.05) is 32.7 Å². The zero-order chi connectivity index (χ0) is 30.5. The number of nitrogens with zero attached hydrogens (tertiary/aromatic N) is 5. The number of halogens is 5. The van der Waals surface area contributed by atoms with Gasteiger partial charge < -0.3 is 24.4 Å². The number of fused-ring (bicyclic) bond motifs is 1. The van der Waals surface area contributed by atoms with Gasteiger partial charge in [0.2, 0.25) is 0 Å². The molecule has 2 saturated heterocycles. The number of hydrogen-bond acceptors (Lipinski definition) is 4. The molecule has 1 atom stereocenters. The predicted molar refractivity (Wildman–Crippen MR) is 143 cm³/mol. The van der Waals surface area contributed by atoms with Crippen LogP contribution in [-0.4, -0.2) is 86.0 Å². The number of aromatic nitrogens is 2. The van der Waals surface area contributed by atoms with Gasteiger partial charge in [-0.1, -0.05) is 11.6 Å². The molecule has 1 aromatic heterocycles. The molecular formula is C28H26ClF4N5O4. The third-order valence-electron chi connectivity index (χ3n) is 7.52. The molecule has 0 radical (unpaired) electrons. The van der Waals surface area contributed by atoms with Crippen LogP contribution in [0.1, 0.15) is 29.9 Å². The highest BCUT2D eigenvalue weighted by Crippen LogP contribution is 2.29. The van der Waals surface area contributed by atoms with Crippen molar-refractivity contribution in [3.63, 3.8) is 0 Å². The molecule has 1 N–H and O–H groups in total. The van der Waals surface area contributed by atoms with E-state index in [1.807, 2.05) is 0 Å². The maximum Gasteiger partial charge on any atom is 0.320 e. The van der Waals surface area contributed by atoms with Crippen molar-refractivity contribution in [3.8, 4) is 11.4 Å². The Morgan fingerprint density at radius 2 is 1.74 bits per heavy atom. The molecule has 3 heterocycles. The standard InChI is InChI=1S/C28H26ClF4N5O4/c1-28(2,26(40)41)14-36-13-17-12-35(5-6-37(17)27(36)42)25(39)22-10-34-24(16-3-4-19(30)18(29)9-16)38(22)11-15-7-20(31)23(33)21(32)8-15/h3-4,7-10,17H,5-6,11-14H2,1-2H3,(H,40,41)/t17-/m0/s1. The molecule has 0 spiro atoms. The molecule has 42 heavy (non-hydrogen) atoms. The lowest BCUT2D eigenvalue weighted by Crippen LogP contribution is -2.54. The van der Waals surface area contributed by atoms with Gasteiger partial charge in [0.05, 0.1) is 29.2 Å². The van der Waals surface area contributed by atoms with Gasteiger partial charge in [0.15, 0.2) is 17.5 Å². The van der Waals surface area contributed by atoms with Crippen molar-refractivity contribution < 1.29 is 37.1 Å². The molecule has 0 unspecified atom stereocenters. The number of benzene rings is 2. The van der Waals surface area contributed by atoms with Crippen molar-refractivity contribution in [2.45, 2.75) is 26.4 Å². The molecule has 2 aromatic carbocycles. The maximum atomic E-state index is 14.0. The van der Waals surface area contributed by atoms with E-state index in [0.29, 0.717) is 5.56 Å². The van der Waals surface area contributed by atoms with Crippen LogP contribution >= 0.6 is 11.6 Å². The lowest BCUT2D eigenvalue weighted by molar-refractivity contribution is -0.147. The molecule has 2 fully saturated rings. The molecule has 0 saturated carbocycles. The Bertz CT molecular complexity index is 1570. The molecule has 9 nitrogen and oxygen atoms in total. The Morgan fingerprint density at radius 1 is 1.05 bits per heavy atom. The van der Waals surface area contributed by atoms with Crippen LogP contribution in [0.2, 0.25) is 5.02 Å². The number of carbonyl (C=O) groups is 3. The highest BCUT2D eigenvalue weighted by atomic mass is 35.5. The van der Waals surface area contributed by atoms with Crippen LogP contribution in [0.25, 0.3) is 11.4 Å². The Morgan fingerprint density at radius 3 is 2.38 bits per heavy atom. The first-order chi connectivity index (χ1) is 19.8. The summed E-state index contributed by atoms with van der Waals surface area (Å²) in [5, 5.41) is 9.27. The molecule has 5 rings (SSSR count). The minimum absolute atomic E-state index is 0.00324. The van der Waals surface area contributed by atoms with E-state index in [2.05, 4.69) is 4.98 Å². The largest absolute Gasteiger partial charge is 0.481 e. The Kier molecular flexibility index (Phi) is 7.64. The van der Waals surface area contributed by atoms with E-state index < -0.39 is 40.6 Å². The molecule has 3 aromatic rings. The third kappa shape index (κ3) is 5.40. The fourth-order valence-corrected chi connectivity index (χ4v) is 5.44. The second kappa shape index (κ2) is 10.9. The summed E-state index contributed by atoms with van der Waals surface area (Å²) in [6.07, 6.45) is 1.28. The molecular weight excluding hydrogens is 582 g/mol. The van der Waals surface area contributed by atoms with Gasteiger partial charge in [0, 0.05) is 38.3 Å². The van der Waals surface area contributed by atoms with Crippen molar-refractivity contribution in [1.29, 1.82) is 0 Å². The average Bonchev–Trinajstić information content (AvgIpc) is 3.48. The number of aliphatic carboxylic acids is 1. The summed E-state index contributed by atoms with van der Waals surface area (Å²) in [6.45, 7) is 3.54. The minimum Gasteiger partial charge on any atom is -0.481 e. The topological polar surface area (TPSA) is 99.0 Å². The lowest BCUT2D eigenvalue weighted by Gasteiger charge is -2.36. The van der Waals surface area contributed by atoms with Crippen LogP contribution in [0.4, 0.5) is 22.4 Å². The second-order valence-corrected chi connectivity index (χ2v) is 11.4. The number of piperazine rings is 1. The van der Waals surface area contributed by atoms with Gasteiger partial charge in [-0.25, -0.2) is 27.3 Å². The van der Waals surface area contributed by atoms with Crippen LogP contribution in [0.5, 0.6) is 0 Å². The van der Waals surface area contributed by atoms with Crippen LogP contribution in [0, 0.1) is 28.7 Å². The first kappa shape index (κ1) is 29.4. The Balaban J connectivity index is 1.44. The van der Waals surface area contributed by atoms with Gasteiger partial charge in [-0.2, -0.15) is 0 Å². The maximum absolute atomic E-state index is 14.0. The van der Waals surface area contributed by atoms with Gasteiger partial charge in [-0.3, -0.25) is 9.59 Å². The number of rotatable bonds is 7. The van der Waals surface area contributed by atoms with E-state index in [9.17, 15) is 37.1 Å². The third-order valence-corrected chi connectivity index (χ3v) is 7.81. The van der Waals surface area contributed by atoms with E-state index >= 15 is 0 Å². The summed E-state index contributed by atoms with van der Waals surface area (Å²) < 4.78 is 56.9. The molecule has 14 heteroatoms. The van der Waals surface area contributed by atoms with Crippen LogP contribution in [-0.2, 0) is 11.3 Å². The fraction of sp³-hybridized carbons (Fsp3) is 0.357. The first-order valence-corrected chi connectivity index (χ1v) is 13.4. The second-order valence-electron chi connectivity index (χ2n) is 11.0. The summed E-state index contributed by atoms with van der Waals surface area (Å²) >= 11 is 5.96. The molecule has 3 amide bonds. The summed E-state index contributed by atoms with van der Waals surface area (Å²) in [4.78, 5) is 47.3. The number of urea groups is 1. The minimum atomic E-state index is -1.63. The van der Waals surface area contributed by atoms with Gasteiger partial charge in [0.25, 0.3) is 5.91 Å². The van der Waals surface area contributed by atoms with E-state index in [0.717, 1.165) is 18.2 Å². The van der Waals surface area contributed by atoms with Crippen LogP contribution < -0.4 is 0 Å². The van der Waals surface area contributed by atoms with Crippen molar-refractivity contribution in [2.24, 2.45) is 5.41 Å². The first-order valence-electron chi connectivity index (χ1n) is 13.0. The zero-order valence-corrected chi connectivity index (χ0v) is 23.3. The van der Waals surface area contributed by atoms with Crippen LogP contribution in [0.15, 0.2) is 36.5 Å². The van der Waals surface area contributed by atoms with E-state index in [4.69, 9.17) is 11.6 Å². The van der Waals surface area contributed by atoms with Gasteiger partial charge >= 0.3 is 12.0 Å². The molecule has 0 aliphatic carbocycles. The summed E-state index contributed by atoms with van der Waals surface area (Å²) in [7, 11) is 0. The monoisotopic (exact) mass is 607 g/mol. The number of carboxylic acids is 1. The predicted octanol–water partition coefficient (Wildman–Crippen LogP) is 4.48. The Hall–Kier alpha value is -4.13. The number of imidazole rings is 1. The van der Waals surface area contributed by atoms with E-state index in [1.54, 1.807) is 4.90 Å². The fourth-order valence-electron chi connectivity index (χ4n) is 5.25. The Labute approximate surface area is 242 Å². The van der Waals surface area contributed by atoms with Crippen molar-refractivity contribution in [3.05, 3.63) is 76.1 Å². The van der Waals surface area contributed by atoms with Crippen molar-refractivity contribution >= 4 is 29.5 Å². The molecule has 0 bridgehead atoms. The van der Waals surface area contributed by atoms with Crippen LogP contribution in [0.3, 0.4) is 0 Å². The molecule has 2 aliphatic rings. The smallest absolute Gasteiger partial charge is 0.320 e. The SMILES string of the molecule is CC(C)(CN1C[C@@H]2CN(C(=O)c3cnc(-c4ccc(F)c(Cl)c4)n3Cc3cc(F)c(F)c(F)c3)CCN2C1=O)C(=O)O. The number of hydrogen-bond donors (Lipinski definition) is 1. The summed E-state index contributed by atoms with van der Waals surface area (Å²) in [5.41, 5.74) is -0.787. The highest BCUT2D eigenvalue weighted by Gasteiger charge is 2.44. The lowest BCUT2D eigenvalue weighted by atomic mass is 9.93. The highest BCUT2D eigenvalue weighted by molar-refractivity contribution is 6.31. The van der Waals surface area contributed by atoms with Gasteiger partial charge in [0.1, 0.15) is 17.3 Å². The average molecular weight is 608 g/mol. The quantitative estimate of drug-likeness (QED) is 0.315.